The molecule has 0 aliphatic carbocycles. The second kappa shape index (κ2) is 6.92. The molecular formula is C12H16O2. The van der Waals surface area contributed by atoms with Crippen LogP contribution in [0.15, 0.2) is 54.8 Å². The van der Waals surface area contributed by atoms with Gasteiger partial charge in [-0.1, -0.05) is 31.4 Å². The number of aliphatic hydroxyl groups is 1. The van der Waals surface area contributed by atoms with E-state index in [4.69, 9.17) is 9.84 Å². The summed E-state index contributed by atoms with van der Waals surface area (Å²) in [5, 5.41) is 7.00. The minimum Gasteiger partial charge on any atom is -0.458 e. The first-order chi connectivity index (χ1) is 6.70. The molecule has 0 saturated carbocycles. The van der Waals surface area contributed by atoms with E-state index in [1.807, 2.05) is 37.3 Å². The average Bonchev–Trinajstić information content (AvgIpc) is 2.22. The van der Waals surface area contributed by atoms with Gasteiger partial charge in [0.05, 0.1) is 0 Å². The molecule has 0 bridgehead atoms. The molecule has 0 aromatic heterocycles. The lowest BCUT2D eigenvalue weighted by Crippen LogP contribution is -1.93. The van der Waals surface area contributed by atoms with Crippen molar-refractivity contribution in [2.75, 3.05) is 7.11 Å². The van der Waals surface area contributed by atoms with Crippen molar-refractivity contribution in [2.45, 2.75) is 6.92 Å². The van der Waals surface area contributed by atoms with Crippen LogP contribution >= 0.6 is 0 Å². The molecule has 0 heterocycles. The zero-order valence-electron chi connectivity index (χ0n) is 8.66. The van der Waals surface area contributed by atoms with E-state index in [-0.39, 0.29) is 0 Å². The maximum Gasteiger partial charge on any atom is 0.127 e. The molecule has 1 N–H and O–H groups in total. The summed E-state index contributed by atoms with van der Waals surface area (Å²) >= 11 is 0. The predicted molar refractivity (Wildman–Crippen MR) is 59.2 cm³/mol. The second-order valence-corrected chi connectivity index (χ2v) is 2.62. The van der Waals surface area contributed by atoms with Crippen molar-refractivity contribution < 1.29 is 9.84 Å². The Balaban J connectivity index is 0.000000791. The summed E-state index contributed by atoms with van der Waals surface area (Å²) in [6, 6.07) is 9.54. The van der Waals surface area contributed by atoms with Gasteiger partial charge in [-0.3, -0.25) is 0 Å². The molecule has 14 heavy (non-hydrogen) atoms. The molecule has 1 aromatic rings. The monoisotopic (exact) mass is 192 g/mol. The third kappa shape index (κ3) is 4.48. The van der Waals surface area contributed by atoms with Crippen molar-refractivity contribution in [1.29, 1.82) is 0 Å². The molecule has 2 heteroatoms. The average molecular weight is 192 g/mol. The number of aliphatic hydroxyl groups excluding tert-OH is 1. The van der Waals surface area contributed by atoms with Gasteiger partial charge in [0.1, 0.15) is 11.5 Å². The van der Waals surface area contributed by atoms with E-state index in [9.17, 15) is 0 Å². The molecule has 0 atom stereocenters. The van der Waals surface area contributed by atoms with E-state index in [0.717, 1.165) is 18.4 Å². The summed E-state index contributed by atoms with van der Waals surface area (Å²) in [6.07, 6.45) is 0. The fourth-order valence-electron chi connectivity index (χ4n) is 0.718. The van der Waals surface area contributed by atoms with Crippen LogP contribution in [0, 0.1) is 0 Å². The number of benzene rings is 1. The molecule has 76 valence electrons. The summed E-state index contributed by atoms with van der Waals surface area (Å²) in [5.74, 6) is 1.41. The SMILES string of the molecule is C=C(C)C(=C)Oc1ccccc1.CO. The Bertz CT molecular complexity index is 288. The van der Waals surface area contributed by atoms with Gasteiger partial charge in [-0.05, 0) is 24.6 Å². The van der Waals surface area contributed by atoms with Gasteiger partial charge in [-0.2, -0.15) is 0 Å². The Morgan fingerprint density at radius 3 is 2.07 bits per heavy atom. The van der Waals surface area contributed by atoms with Crippen LogP contribution in [0.5, 0.6) is 5.75 Å². The molecule has 1 aromatic carbocycles. The second-order valence-electron chi connectivity index (χ2n) is 2.62. The van der Waals surface area contributed by atoms with Crippen LogP contribution in [0.1, 0.15) is 6.92 Å². The van der Waals surface area contributed by atoms with Gasteiger partial charge in [0.15, 0.2) is 0 Å². The molecule has 0 amide bonds. The van der Waals surface area contributed by atoms with Crippen LogP contribution < -0.4 is 4.74 Å². The highest BCUT2D eigenvalue weighted by Gasteiger charge is 1.96. The lowest BCUT2D eigenvalue weighted by atomic mass is 10.3. The van der Waals surface area contributed by atoms with E-state index < -0.39 is 0 Å². The molecule has 0 aliphatic heterocycles. The van der Waals surface area contributed by atoms with Crippen molar-refractivity contribution >= 4 is 0 Å². The highest BCUT2D eigenvalue weighted by molar-refractivity contribution is 5.27. The molecule has 0 radical (unpaired) electrons. The van der Waals surface area contributed by atoms with E-state index in [1.165, 1.54) is 0 Å². The standard InChI is InChI=1S/C11H12O.CH4O/c1-9(2)10(3)12-11-7-5-4-6-8-11;1-2/h4-8H,1,3H2,2H3;2H,1H3. The fraction of sp³-hybridized carbons (Fsp3) is 0.167. The Labute approximate surface area is 85.2 Å². The lowest BCUT2D eigenvalue weighted by molar-refractivity contribution is 0.399. The molecule has 0 spiro atoms. The Kier molecular flexibility index (Phi) is 6.16. The van der Waals surface area contributed by atoms with Gasteiger partial charge in [-0.15, -0.1) is 0 Å². The number of rotatable bonds is 3. The molecule has 2 nitrogen and oxygen atoms in total. The fourth-order valence-corrected chi connectivity index (χ4v) is 0.718. The summed E-state index contributed by atoms with van der Waals surface area (Å²) < 4.78 is 5.38. The van der Waals surface area contributed by atoms with Gasteiger partial charge < -0.3 is 9.84 Å². The third-order valence-corrected chi connectivity index (χ3v) is 1.46. The molecule has 1 rings (SSSR count). The van der Waals surface area contributed by atoms with E-state index >= 15 is 0 Å². The van der Waals surface area contributed by atoms with Crippen molar-refractivity contribution in [3.8, 4) is 5.75 Å². The first kappa shape index (κ1) is 12.5. The number of ether oxygens (including phenoxy) is 1. The highest BCUT2D eigenvalue weighted by Crippen LogP contribution is 2.14. The van der Waals surface area contributed by atoms with Gasteiger partial charge in [-0.25, -0.2) is 0 Å². The zero-order chi connectivity index (χ0) is 11.0. The number of hydrogen-bond donors (Lipinski definition) is 1. The van der Waals surface area contributed by atoms with Gasteiger partial charge in [0.25, 0.3) is 0 Å². The summed E-state index contributed by atoms with van der Waals surface area (Å²) in [7, 11) is 1.00. The van der Waals surface area contributed by atoms with Crippen LogP contribution in [0.3, 0.4) is 0 Å². The number of hydrogen-bond acceptors (Lipinski definition) is 2. The first-order valence-electron chi connectivity index (χ1n) is 4.22. The molecule has 0 unspecified atom stereocenters. The van der Waals surface area contributed by atoms with Crippen molar-refractivity contribution in [3.63, 3.8) is 0 Å². The Hall–Kier alpha value is -1.54. The normalized spacial score (nSPS) is 8.21. The lowest BCUT2D eigenvalue weighted by Gasteiger charge is -2.06. The van der Waals surface area contributed by atoms with E-state index in [2.05, 4.69) is 13.2 Å². The molecule has 0 fully saturated rings. The van der Waals surface area contributed by atoms with Gasteiger partial charge in [0, 0.05) is 7.11 Å². The summed E-state index contributed by atoms with van der Waals surface area (Å²) in [4.78, 5) is 0. The van der Waals surface area contributed by atoms with Crippen LogP contribution in [-0.4, -0.2) is 12.2 Å². The van der Waals surface area contributed by atoms with Crippen LogP contribution in [0.25, 0.3) is 0 Å². The summed E-state index contributed by atoms with van der Waals surface area (Å²) in [5.41, 5.74) is 0.846. The number of para-hydroxylation sites is 1. The maximum absolute atomic E-state index is 7.00. The van der Waals surface area contributed by atoms with Gasteiger partial charge >= 0.3 is 0 Å². The number of allylic oxidation sites excluding steroid dienone is 1. The Morgan fingerprint density at radius 2 is 1.64 bits per heavy atom. The minimum atomic E-state index is 0.612. The third-order valence-electron chi connectivity index (χ3n) is 1.46. The first-order valence-corrected chi connectivity index (χ1v) is 4.22. The highest BCUT2D eigenvalue weighted by atomic mass is 16.5. The van der Waals surface area contributed by atoms with E-state index in [1.54, 1.807) is 0 Å². The van der Waals surface area contributed by atoms with Crippen molar-refractivity contribution in [3.05, 3.63) is 54.8 Å². The largest absolute Gasteiger partial charge is 0.458 e. The van der Waals surface area contributed by atoms with Crippen LogP contribution in [-0.2, 0) is 0 Å². The molecular weight excluding hydrogens is 176 g/mol. The topological polar surface area (TPSA) is 29.5 Å². The van der Waals surface area contributed by atoms with Crippen LogP contribution in [0.4, 0.5) is 0 Å². The smallest absolute Gasteiger partial charge is 0.127 e. The van der Waals surface area contributed by atoms with Gasteiger partial charge in [0.2, 0.25) is 0 Å². The van der Waals surface area contributed by atoms with Crippen molar-refractivity contribution in [1.82, 2.24) is 0 Å². The van der Waals surface area contributed by atoms with E-state index in [0.29, 0.717) is 5.76 Å². The quantitative estimate of drug-likeness (QED) is 0.589. The van der Waals surface area contributed by atoms with Crippen LogP contribution in [0.2, 0.25) is 0 Å². The predicted octanol–water partition coefficient (Wildman–Crippen LogP) is 2.76. The summed E-state index contributed by atoms with van der Waals surface area (Å²) in [6.45, 7) is 9.32. The van der Waals surface area contributed by atoms with Crippen molar-refractivity contribution in [2.24, 2.45) is 0 Å². The molecule has 0 aliphatic rings. The minimum absolute atomic E-state index is 0.612. The maximum atomic E-state index is 7.00. The Morgan fingerprint density at radius 1 is 1.14 bits per heavy atom. The molecule has 0 saturated heterocycles. The zero-order valence-corrected chi connectivity index (χ0v) is 8.66.